The molecule has 2 saturated heterocycles. The number of nitrogens with zero attached hydrogens (tertiary/aromatic N) is 3. The fourth-order valence-corrected chi connectivity index (χ4v) is 5.48. The molecule has 3 aliphatic heterocycles. The van der Waals surface area contributed by atoms with Gasteiger partial charge in [-0.05, 0) is 49.1 Å². The Morgan fingerprint density at radius 3 is 2.35 bits per heavy atom. The number of allylic oxidation sites excluding steroid dienone is 1. The van der Waals surface area contributed by atoms with Crippen LogP contribution < -0.4 is 0 Å². The fraction of sp³-hybridized carbons (Fsp3) is 0.429. The molecule has 2 aromatic carbocycles. The molecule has 1 N–H and O–H groups in total. The van der Waals surface area contributed by atoms with Crippen LogP contribution in [0.4, 0.5) is 22.4 Å². The normalized spacial score (nSPS) is 23.2. The number of rotatable bonds is 3. The predicted molar refractivity (Wildman–Crippen MR) is 133 cm³/mol. The van der Waals surface area contributed by atoms with Gasteiger partial charge in [-0.2, -0.15) is 13.2 Å². The first-order valence-electron chi connectivity index (χ1n) is 12.6. The van der Waals surface area contributed by atoms with Gasteiger partial charge >= 0.3 is 12.2 Å². The van der Waals surface area contributed by atoms with Crippen LogP contribution in [0, 0.1) is 11.7 Å². The van der Waals surface area contributed by atoms with E-state index in [1.807, 2.05) is 6.08 Å². The molecule has 0 bridgehead atoms. The summed E-state index contributed by atoms with van der Waals surface area (Å²) in [7, 11) is 0. The van der Waals surface area contributed by atoms with Crippen LogP contribution in [0.15, 0.2) is 59.6 Å². The molecule has 2 amide bonds. The van der Waals surface area contributed by atoms with Gasteiger partial charge in [0.25, 0.3) is 0 Å². The molecule has 0 saturated carbocycles. The van der Waals surface area contributed by atoms with E-state index in [-0.39, 0.29) is 23.7 Å². The van der Waals surface area contributed by atoms with Crippen molar-refractivity contribution in [2.24, 2.45) is 10.9 Å². The Morgan fingerprint density at radius 2 is 1.68 bits per heavy atom. The molecule has 0 spiro atoms. The highest BCUT2D eigenvalue weighted by atomic mass is 19.4. The molecule has 2 aromatic rings. The number of benzene rings is 2. The summed E-state index contributed by atoms with van der Waals surface area (Å²) in [5.41, 5.74) is 2.32. The summed E-state index contributed by atoms with van der Waals surface area (Å²) in [6, 6.07) is 11.3. The molecular formula is C28H29F4N3O2. The van der Waals surface area contributed by atoms with Crippen molar-refractivity contribution in [1.82, 2.24) is 9.80 Å². The highest BCUT2D eigenvalue weighted by Crippen LogP contribution is 2.37. The van der Waals surface area contributed by atoms with Crippen LogP contribution in [0.5, 0.6) is 0 Å². The molecule has 0 aromatic heterocycles. The van der Waals surface area contributed by atoms with Crippen molar-refractivity contribution in [2.75, 3.05) is 26.2 Å². The molecule has 5 nitrogen and oxygen atoms in total. The quantitative estimate of drug-likeness (QED) is 0.533. The minimum Gasteiger partial charge on any atom is -0.393 e. The lowest BCUT2D eigenvalue weighted by molar-refractivity contribution is -0.137. The Bertz CT molecular complexity index is 1200. The lowest BCUT2D eigenvalue weighted by Crippen LogP contribution is -2.52. The maximum Gasteiger partial charge on any atom is 0.416 e. The Hall–Kier alpha value is -3.20. The molecule has 0 radical (unpaired) electrons. The third-order valence-electron chi connectivity index (χ3n) is 7.53. The number of carbonyl (C=O) groups is 1. The second-order valence-corrected chi connectivity index (χ2v) is 10.1. The molecule has 2 atom stereocenters. The zero-order valence-corrected chi connectivity index (χ0v) is 20.3. The van der Waals surface area contributed by atoms with Gasteiger partial charge < -0.3 is 14.9 Å². The molecular weight excluding hydrogens is 486 g/mol. The van der Waals surface area contributed by atoms with Gasteiger partial charge in [0.1, 0.15) is 5.82 Å². The van der Waals surface area contributed by atoms with E-state index in [9.17, 15) is 27.5 Å². The zero-order chi connectivity index (χ0) is 26.2. The van der Waals surface area contributed by atoms with Crippen LogP contribution in [0.25, 0.3) is 5.70 Å². The summed E-state index contributed by atoms with van der Waals surface area (Å²) in [5.74, 6) is -0.575. The first-order valence-corrected chi connectivity index (χ1v) is 12.6. The summed E-state index contributed by atoms with van der Waals surface area (Å²) in [6.45, 7) is 1.80. The number of likely N-dealkylation sites (tertiary alicyclic amines) is 2. The number of carbonyl (C=O) groups excluding carboxylic acids is 1. The van der Waals surface area contributed by atoms with Gasteiger partial charge in [0.2, 0.25) is 0 Å². The van der Waals surface area contributed by atoms with Crippen LogP contribution in [-0.2, 0) is 6.18 Å². The van der Waals surface area contributed by atoms with E-state index in [4.69, 9.17) is 4.99 Å². The average Bonchev–Trinajstić information content (AvgIpc) is 3.39. The predicted octanol–water partition coefficient (Wildman–Crippen LogP) is 5.71. The molecule has 9 heteroatoms. The van der Waals surface area contributed by atoms with Gasteiger partial charge in [-0.15, -0.1) is 0 Å². The minimum atomic E-state index is -4.41. The van der Waals surface area contributed by atoms with Crippen LogP contribution >= 0.6 is 0 Å². The summed E-state index contributed by atoms with van der Waals surface area (Å²) in [5, 5.41) is 9.83. The van der Waals surface area contributed by atoms with Crippen LogP contribution in [0.3, 0.4) is 0 Å². The van der Waals surface area contributed by atoms with Crippen LogP contribution in [-0.4, -0.2) is 58.9 Å². The topological polar surface area (TPSA) is 56.1 Å². The smallest absolute Gasteiger partial charge is 0.393 e. The fourth-order valence-electron chi connectivity index (χ4n) is 5.48. The highest BCUT2D eigenvalue weighted by Gasteiger charge is 2.37. The van der Waals surface area contributed by atoms with E-state index in [1.54, 1.807) is 21.9 Å². The van der Waals surface area contributed by atoms with E-state index >= 15 is 0 Å². The number of amides is 2. The number of halogens is 4. The summed E-state index contributed by atoms with van der Waals surface area (Å²) in [6.07, 6.45) is -0.586. The van der Waals surface area contributed by atoms with Crippen molar-refractivity contribution in [3.63, 3.8) is 0 Å². The molecule has 2 fully saturated rings. The summed E-state index contributed by atoms with van der Waals surface area (Å²) >= 11 is 0. The first kappa shape index (κ1) is 25.4. The van der Waals surface area contributed by atoms with Crippen molar-refractivity contribution in [2.45, 2.75) is 43.9 Å². The lowest BCUT2D eigenvalue weighted by atomic mass is 9.81. The highest BCUT2D eigenvalue weighted by molar-refractivity contribution is 5.97. The monoisotopic (exact) mass is 515 g/mol. The van der Waals surface area contributed by atoms with E-state index in [0.717, 1.165) is 23.4 Å². The van der Waals surface area contributed by atoms with Gasteiger partial charge in [0, 0.05) is 55.7 Å². The number of hydrogen-bond acceptors (Lipinski definition) is 3. The van der Waals surface area contributed by atoms with Crippen LogP contribution in [0.1, 0.15) is 48.3 Å². The van der Waals surface area contributed by atoms with Crippen molar-refractivity contribution < 1.29 is 27.5 Å². The maximum absolute atomic E-state index is 13.7. The Balaban J connectivity index is 1.39. The number of aliphatic hydroxyl groups excluding tert-OH is 1. The molecule has 196 valence electrons. The third kappa shape index (κ3) is 5.71. The maximum atomic E-state index is 13.7. The number of aliphatic imine (C=N–C) groups is 1. The molecule has 0 aliphatic carbocycles. The first-order chi connectivity index (χ1) is 17.7. The number of piperidine rings is 2. The SMILES string of the molecule is O=C(N1CCC(O)CC1)N1CC(C2=NC(c3cccc(F)c3)=CC2)CC(c2ccc(C(F)(F)F)cc2)C1. The Labute approximate surface area is 213 Å². The molecule has 2 unspecified atom stereocenters. The van der Waals surface area contributed by atoms with Gasteiger partial charge in [-0.1, -0.05) is 30.3 Å². The second kappa shape index (κ2) is 10.3. The Kier molecular flexibility index (Phi) is 7.07. The number of aliphatic hydroxyl groups is 1. The average molecular weight is 516 g/mol. The lowest BCUT2D eigenvalue weighted by Gasteiger charge is -2.41. The van der Waals surface area contributed by atoms with Gasteiger partial charge in [-0.3, -0.25) is 4.99 Å². The molecule has 3 heterocycles. The minimum absolute atomic E-state index is 0.0808. The largest absolute Gasteiger partial charge is 0.416 e. The summed E-state index contributed by atoms with van der Waals surface area (Å²) < 4.78 is 53.1. The standard InChI is InChI=1S/C28H29F4N3O2/c29-23-3-1-2-19(15-23)25-8-9-26(33-25)21-14-20(18-4-6-22(7-5-18)28(30,31)32)16-35(17-21)27(37)34-12-10-24(36)11-13-34/h1-8,15,20-21,24,36H,9-14,16-17H2. The second-order valence-electron chi connectivity index (χ2n) is 10.1. The number of hydrogen-bond donors (Lipinski definition) is 1. The number of alkyl halides is 3. The van der Waals surface area contributed by atoms with Gasteiger partial charge in [-0.25, -0.2) is 9.18 Å². The summed E-state index contributed by atoms with van der Waals surface area (Å²) in [4.78, 5) is 21.7. The zero-order valence-electron chi connectivity index (χ0n) is 20.3. The molecule has 5 rings (SSSR count). The van der Waals surface area contributed by atoms with E-state index in [0.29, 0.717) is 63.1 Å². The molecule has 37 heavy (non-hydrogen) atoms. The Morgan fingerprint density at radius 1 is 0.973 bits per heavy atom. The van der Waals surface area contributed by atoms with Crippen molar-refractivity contribution in [1.29, 1.82) is 0 Å². The van der Waals surface area contributed by atoms with Gasteiger partial charge in [0.05, 0.1) is 17.4 Å². The van der Waals surface area contributed by atoms with E-state index in [1.165, 1.54) is 24.3 Å². The number of urea groups is 1. The van der Waals surface area contributed by atoms with Crippen molar-refractivity contribution in [3.05, 3.63) is 77.1 Å². The van der Waals surface area contributed by atoms with Crippen LogP contribution in [0.2, 0.25) is 0 Å². The van der Waals surface area contributed by atoms with Crippen molar-refractivity contribution in [3.8, 4) is 0 Å². The van der Waals surface area contributed by atoms with Gasteiger partial charge in [0.15, 0.2) is 0 Å². The molecule has 3 aliphatic rings. The third-order valence-corrected chi connectivity index (χ3v) is 7.53. The van der Waals surface area contributed by atoms with E-state index < -0.39 is 17.8 Å². The van der Waals surface area contributed by atoms with Crippen molar-refractivity contribution >= 4 is 17.4 Å². The van der Waals surface area contributed by atoms with E-state index in [2.05, 4.69) is 0 Å².